The van der Waals surface area contributed by atoms with Crippen LogP contribution in [0.4, 0.5) is 5.69 Å². The van der Waals surface area contributed by atoms with E-state index in [0.717, 1.165) is 42.5 Å². The quantitative estimate of drug-likeness (QED) is 0.922. The lowest BCUT2D eigenvalue weighted by Gasteiger charge is -2.35. The lowest BCUT2D eigenvalue weighted by atomic mass is 9.85. The van der Waals surface area contributed by atoms with Crippen LogP contribution in [-0.2, 0) is 5.41 Å². The lowest BCUT2D eigenvalue weighted by Crippen LogP contribution is -2.44. The summed E-state index contributed by atoms with van der Waals surface area (Å²) >= 11 is 6.43. The van der Waals surface area contributed by atoms with Gasteiger partial charge in [-0.25, -0.2) is 0 Å². The van der Waals surface area contributed by atoms with E-state index < -0.39 is 0 Å². The zero-order chi connectivity index (χ0) is 14.0. The molecule has 1 aromatic carbocycles. The van der Waals surface area contributed by atoms with E-state index in [-0.39, 0.29) is 12.0 Å². The van der Waals surface area contributed by atoms with Gasteiger partial charge in [0.2, 0.25) is 0 Å². The van der Waals surface area contributed by atoms with E-state index in [1.165, 1.54) is 0 Å². The van der Waals surface area contributed by atoms with Crippen LogP contribution in [0.2, 0.25) is 5.02 Å². The summed E-state index contributed by atoms with van der Waals surface area (Å²) in [6, 6.07) is 6.15. The van der Waals surface area contributed by atoms with Crippen LogP contribution in [0, 0.1) is 0 Å². The highest BCUT2D eigenvalue weighted by atomic mass is 35.5. The normalized spacial score (nSPS) is 17.8. The first-order valence-electron chi connectivity index (χ1n) is 6.78. The van der Waals surface area contributed by atoms with Gasteiger partial charge in [-0.2, -0.15) is 0 Å². The highest BCUT2D eigenvalue weighted by molar-refractivity contribution is 6.33. The molecule has 0 atom stereocenters. The van der Waals surface area contributed by atoms with E-state index in [1.54, 1.807) is 0 Å². The number of aliphatic hydroxyl groups excluding tert-OH is 1. The second-order valence-electron chi connectivity index (χ2n) is 6.00. The number of halogens is 1. The molecular formula is C15H23ClN2O. The number of nitrogens with zero attached hydrogens (tertiary/aromatic N) is 2. The molecule has 0 spiro atoms. The maximum Gasteiger partial charge on any atom is 0.0642 e. The summed E-state index contributed by atoms with van der Waals surface area (Å²) in [5.74, 6) is 0. The van der Waals surface area contributed by atoms with Gasteiger partial charge >= 0.3 is 0 Å². The Balaban J connectivity index is 2.20. The Morgan fingerprint density at radius 2 is 1.84 bits per heavy atom. The molecule has 1 aliphatic rings. The third-order valence-corrected chi connectivity index (χ3v) is 4.27. The van der Waals surface area contributed by atoms with Gasteiger partial charge in [0.25, 0.3) is 0 Å². The molecule has 1 N–H and O–H groups in total. The van der Waals surface area contributed by atoms with Crippen molar-refractivity contribution in [2.24, 2.45) is 0 Å². The predicted octanol–water partition coefficient (Wildman–Crippen LogP) is 2.36. The second-order valence-corrected chi connectivity index (χ2v) is 6.41. The molecule has 4 heteroatoms. The largest absolute Gasteiger partial charge is 0.395 e. The van der Waals surface area contributed by atoms with Crippen molar-refractivity contribution in [1.29, 1.82) is 0 Å². The van der Waals surface area contributed by atoms with E-state index in [4.69, 9.17) is 11.6 Å². The van der Waals surface area contributed by atoms with Gasteiger partial charge in [0.15, 0.2) is 0 Å². The maximum atomic E-state index is 9.43. The molecule has 1 aliphatic heterocycles. The first-order valence-corrected chi connectivity index (χ1v) is 7.16. The molecule has 0 saturated carbocycles. The van der Waals surface area contributed by atoms with Crippen molar-refractivity contribution < 1.29 is 5.11 Å². The zero-order valence-electron chi connectivity index (χ0n) is 12.0. The van der Waals surface area contributed by atoms with Crippen molar-refractivity contribution in [3.8, 4) is 0 Å². The molecule has 1 aromatic rings. The van der Waals surface area contributed by atoms with Crippen LogP contribution in [0.5, 0.6) is 0 Å². The molecule has 0 bridgehead atoms. The summed E-state index contributed by atoms with van der Waals surface area (Å²) in [6.45, 7) is 8.33. The molecule has 0 aromatic heterocycles. The van der Waals surface area contributed by atoms with Gasteiger partial charge in [0.05, 0.1) is 17.3 Å². The molecule has 3 nitrogen and oxygen atoms in total. The molecule has 1 heterocycles. The van der Waals surface area contributed by atoms with E-state index in [0.29, 0.717) is 0 Å². The van der Waals surface area contributed by atoms with Crippen molar-refractivity contribution in [2.45, 2.75) is 19.3 Å². The Morgan fingerprint density at radius 1 is 1.21 bits per heavy atom. The summed E-state index contributed by atoms with van der Waals surface area (Å²) < 4.78 is 0. The third-order valence-electron chi connectivity index (χ3n) is 3.97. The van der Waals surface area contributed by atoms with Gasteiger partial charge in [-0.3, -0.25) is 0 Å². The van der Waals surface area contributed by atoms with Crippen LogP contribution in [0.3, 0.4) is 0 Å². The number of hydrogen-bond donors (Lipinski definition) is 1. The average molecular weight is 283 g/mol. The first kappa shape index (κ1) is 14.6. The molecule has 1 saturated heterocycles. The third kappa shape index (κ3) is 3.22. The monoisotopic (exact) mass is 282 g/mol. The van der Waals surface area contributed by atoms with Gasteiger partial charge < -0.3 is 14.9 Å². The molecular weight excluding hydrogens is 260 g/mol. The smallest absolute Gasteiger partial charge is 0.0642 e. The van der Waals surface area contributed by atoms with E-state index in [1.807, 2.05) is 19.9 Å². The number of piperazine rings is 1. The van der Waals surface area contributed by atoms with E-state index in [2.05, 4.69) is 29.0 Å². The van der Waals surface area contributed by atoms with Crippen molar-refractivity contribution in [3.63, 3.8) is 0 Å². The highest BCUT2D eigenvalue weighted by Gasteiger charge is 2.22. The molecule has 0 radical (unpaired) electrons. The molecule has 0 unspecified atom stereocenters. The van der Waals surface area contributed by atoms with Crippen molar-refractivity contribution in [1.82, 2.24) is 4.90 Å². The van der Waals surface area contributed by atoms with Crippen LogP contribution < -0.4 is 4.90 Å². The van der Waals surface area contributed by atoms with E-state index in [9.17, 15) is 5.11 Å². The standard InChI is InChI=1S/C15H23ClN2O/c1-15(2,11-19)12-4-5-14(13(16)10-12)18-8-6-17(3)7-9-18/h4-5,10,19H,6-9,11H2,1-3H3. The van der Waals surface area contributed by atoms with Crippen molar-refractivity contribution in [3.05, 3.63) is 28.8 Å². The summed E-state index contributed by atoms with van der Waals surface area (Å²) in [5.41, 5.74) is 1.94. The minimum absolute atomic E-state index is 0.122. The number of benzene rings is 1. The summed E-state index contributed by atoms with van der Waals surface area (Å²) in [6.07, 6.45) is 0. The Bertz CT molecular complexity index is 440. The Kier molecular flexibility index (Phi) is 4.39. The van der Waals surface area contributed by atoms with Crippen molar-refractivity contribution >= 4 is 17.3 Å². The molecule has 0 amide bonds. The van der Waals surface area contributed by atoms with E-state index >= 15 is 0 Å². The van der Waals surface area contributed by atoms with Crippen LogP contribution >= 0.6 is 11.6 Å². The number of aliphatic hydroxyl groups is 1. The summed E-state index contributed by atoms with van der Waals surface area (Å²) in [4.78, 5) is 4.66. The highest BCUT2D eigenvalue weighted by Crippen LogP contribution is 2.32. The number of hydrogen-bond acceptors (Lipinski definition) is 3. The fourth-order valence-corrected chi connectivity index (χ4v) is 2.62. The van der Waals surface area contributed by atoms with Crippen LogP contribution in [0.1, 0.15) is 19.4 Å². The Hall–Kier alpha value is -0.770. The van der Waals surface area contributed by atoms with Crippen LogP contribution in [0.15, 0.2) is 18.2 Å². The first-order chi connectivity index (χ1) is 8.94. The molecule has 2 rings (SSSR count). The summed E-state index contributed by atoms with van der Waals surface area (Å²) in [5, 5.41) is 10.2. The van der Waals surface area contributed by atoms with Gasteiger partial charge in [-0.15, -0.1) is 0 Å². The van der Waals surface area contributed by atoms with Crippen LogP contribution in [-0.4, -0.2) is 49.8 Å². The number of likely N-dealkylation sites (N-methyl/N-ethyl adjacent to an activating group) is 1. The van der Waals surface area contributed by atoms with Gasteiger partial charge in [-0.1, -0.05) is 31.5 Å². The molecule has 1 fully saturated rings. The van der Waals surface area contributed by atoms with Crippen molar-refractivity contribution in [2.75, 3.05) is 44.7 Å². The Morgan fingerprint density at radius 3 is 2.37 bits per heavy atom. The summed E-state index contributed by atoms with van der Waals surface area (Å²) in [7, 11) is 2.14. The minimum atomic E-state index is -0.246. The minimum Gasteiger partial charge on any atom is -0.395 e. The van der Waals surface area contributed by atoms with Gasteiger partial charge in [0, 0.05) is 31.6 Å². The SMILES string of the molecule is CN1CCN(c2ccc(C(C)(C)CO)cc2Cl)CC1. The number of rotatable bonds is 3. The van der Waals surface area contributed by atoms with Crippen LogP contribution in [0.25, 0.3) is 0 Å². The topological polar surface area (TPSA) is 26.7 Å². The average Bonchev–Trinajstić information content (AvgIpc) is 2.40. The second kappa shape index (κ2) is 5.70. The number of anilines is 1. The van der Waals surface area contributed by atoms with Gasteiger partial charge in [0.1, 0.15) is 0 Å². The molecule has 106 valence electrons. The molecule has 0 aliphatic carbocycles. The molecule has 19 heavy (non-hydrogen) atoms. The predicted molar refractivity (Wildman–Crippen MR) is 81.3 cm³/mol. The van der Waals surface area contributed by atoms with Gasteiger partial charge in [-0.05, 0) is 24.7 Å². The fraction of sp³-hybridized carbons (Fsp3) is 0.600. The Labute approximate surface area is 120 Å². The lowest BCUT2D eigenvalue weighted by molar-refractivity contribution is 0.218. The maximum absolute atomic E-state index is 9.43. The fourth-order valence-electron chi connectivity index (χ4n) is 2.32. The zero-order valence-corrected chi connectivity index (χ0v) is 12.7.